The molecule has 2 amide bonds. The quantitative estimate of drug-likeness (QED) is 0.400. The van der Waals surface area contributed by atoms with Gasteiger partial charge in [-0.1, -0.05) is 39.1 Å². The number of carbonyl (C=O) groups is 3. The molecule has 2 N–H and O–H groups in total. The molecule has 0 spiro atoms. The fourth-order valence-corrected chi connectivity index (χ4v) is 3.40. The number of methoxy groups -OCH3 is 1. The second kappa shape index (κ2) is 9.96. The van der Waals surface area contributed by atoms with Gasteiger partial charge in [0.2, 0.25) is 0 Å². The smallest absolute Gasteiger partial charge is 0.340 e. The summed E-state index contributed by atoms with van der Waals surface area (Å²) in [4.78, 5) is 37.8. The van der Waals surface area contributed by atoms with E-state index in [2.05, 4.69) is 26.6 Å². The Hall–Kier alpha value is -2.87. The van der Waals surface area contributed by atoms with Gasteiger partial charge in [0.1, 0.15) is 0 Å². The number of ether oxygens (including phenoxy) is 1. The van der Waals surface area contributed by atoms with Crippen LogP contribution >= 0.6 is 39.1 Å². The van der Waals surface area contributed by atoms with Gasteiger partial charge in [-0.2, -0.15) is 0 Å². The summed E-state index contributed by atoms with van der Waals surface area (Å²) in [5.74, 6) is -1.63. The molecule has 3 rings (SSSR count). The summed E-state index contributed by atoms with van der Waals surface area (Å²) in [6, 6.07) is 15.6. The minimum atomic E-state index is -0.685. The van der Waals surface area contributed by atoms with Crippen molar-refractivity contribution in [2.75, 3.05) is 17.7 Å². The van der Waals surface area contributed by atoms with Crippen LogP contribution < -0.4 is 10.6 Å². The van der Waals surface area contributed by atoms with Crippen molar-refractivity contribution in [3.63, 3.8) is 0 Å². The zero-order valence-corrected chi connectivity index (χ0v) is 19.1. The van der Waals surface area contributed by atoms with Crippen molar-refractivity contribution in [1.82, 2.24) is 0 Å². The zero-order valence-electron chi connectivity index (χ0n) is 16.0. The SMILES string of the molecule is COC(=O)c1cc(Br)cc(NC(=O)c2ccc(Cl)cc2)c1NC(=O)c1ccc(Cl)cc1. The molecule has 158 valence electrons. The first-order chi connectivity index (χ1) is 14.8. The molecule has 3 aromatic rings. The molecule has 0 aromatic heterocycles. The summed E-state index contributed by atoms with van der Waals surface area (Å²) >= 11 is 15.1. The Morgan fingerprint density at radius 3 is 1.77 bits per heavy atom. The van der Waals surface area contributed by atoms with Crippen LogP contribution in [0.2, 0.25) is 10.0 Å². The van der Waals surface area contributed by atoms with Crippen molar-refractivity contribution in [1.29, 1.82) is 0 Å². The average molecular weight is 522 g/mol. The first kappa shape index (κ1) is 22.8. The summed E-state index contributed by atoms with van der Waals surface area (Å²) in [7, 11) is 1.22. The molecule has 31 heavy (non-hydrogen) atoms. The number of nitrogens with one attached hydrogen (secondary N) is 2. The zero-order chi connectivity index (χ0) is 22.5. The van der Waals surface area contributed by atoms with Crippen LogP contribution in [0.3, 0.4) is 0 Å². The Morgan fingerprint density at radius 1 is 0.806 bits per heavy atom. The van der Waals surface area contributed by atoms with Crippen LogP contribution in [0.25, 0.3) is 0 Å². The molecule has 0 heterocycles. The summed E-state index contributed by atoms with van der Waals surface area (Å²) in [5.41, 5.74) is 1.03. The maximum absolute atomic E-state index is 12.8. The van der Waals surface area contributed by atoms with Crippen LogP contribution in [0.5, 0.6) is 0 Å². The van der Waals surface area contributed by atoms with Gasteiger partial charge in [0.15, 0.2) is 0 Å². The van der Waals surface area contributed by atoms with Crippen LogP contribution in [0, 0.1) is 0 Å². The Labute approximate surface area is 196 Å². The molecule has 0 fully saturated rings. The lowest BCUT2D eigenvalue weighted by Gasteiger charge is -2.17. The number of benzene rings is 3. The van der Waals surface area contributed by atoms with Crippen molar-refractivity contribution in [3.05, 3.63) is 91.9 Å². The number of hydrogen-bond donors (Lipinski definition) is 2. The lowest BCUT2D eigenvalue weighted by atomic mass is 10.1. The number of hydrogen-bond acceptors (Lipinski definition) is 4. The first-order valence-corrected chi connectivity index (χ1v) is 10.4. The maximum Gasteiger partial charge on any atom is 0.340 e. The summed E-state index contributed by atoms with van der Waals surface area (Å²) in [6.07, 6.45) is 0. The van der Waals surface area contributed by atoms with E-state index in [1.807, 2.05) is 0 Å². The molecule has 0 aliphatic carbocycles. The highest BCUT2D eigenvalue weighted by atomic mass is 79.9. The fraction of sp³-hybridized carbons (Fsp3) is 0.0455. The molecule has 0 saturated heterocycles. The molecule has 9 heteroatoms. The standard InChI is InChI=1S/C22H15BrCl2N2O4/c1-31-22(30)17-10-14(23)11-18(26-20(28)12-2-6-15(24)7-3-12)19(17)27-21(29)13-4-8-16(25)9-5-13/h2-11H,1H3,(H,26,28)(H,27,29). The van der Waals surface area contributed by atoms with E-state index in [0.717, 1.165) is 0 Å². The molecule has 6 nitrogen and oxygen atoms in total. The molecule has 0 atom stereocenters. The third-order valence-corrected chi connectivity index (χ3v) is 5.17. The summed E-state index contributed by atoms with van der Waals surface area (Å²) in [6.45, 7) is 0. The number of amides is 2. The second-order valence-electron chi connectivity index (χ2n) is 6.29. The Bertz CT molecular complexity index is 1150. The third-order valence-electron chi connectivity index (χ3n) is 4.21. The van der Waals surface area contributed by atoms with E-state index in [4.69, 9.17) is 27.9 Å². The molecular weight excluding hydrogens is 507 g/mol. The molecule has 3 aromatic carbocycles. The number of carbonyl (C=O) groups excluding carboxylic acids is 3. The minimum absolute atomic E-state index is 0.0607. The van der Waals surface area contributed by atoms with Gasteiger partial charge in [-0.3, -0.25) is 9.59 Å². The molecule has 0 radical (unpaired) electrons. The van der Waals surface area contributed by atoms with Crippen LogP contribution in [0.4, 0.5) is 11.4 Å². The lowest BCUT2D eigenvalue weighted by molar-refractivity contribution is 0.0601. The third kappa shape index (κ3) is 5.64. The number of esters is 1. The van der Waals surface area contributed by atoms with Gasteiger partial charge < -0.3 is 15.4 Å². The number of rotatable bonds is 5. The fourth-order valence-electron chi connectivity index (χ4n) is 2.69. The average Bonchev–Trinajstić information content (AvgIpc) is 2.75. The Kier molecular flexibility index (Phi) is 7.33. The molecule has 0 aliphatic heterocycles. The topological polar surface area (TPSA) is 84.5 Å². The van der Waals surface area contributed by atoms with Gasteiger partial charge in [0, 0.05) is 25.6 Å². The second-order valence-corrected chi connectivity index (χ2v) is 8.08. The van der Waals surface area contributed by atoms with Gasteiger partial charge in [-0.05, 0) is 60.7 Å². The highest BCUT2D eigenvalue weighted by Gasteiger charge is 2.21. The van der Waals surface area contributed by atoms with Gasteiger partial charge in [0.25, 0.3) is 11.8 Å². The van der Waals surface area contributed by atoms with Crippen molar-refractivity contribution in [2.24, 2.45) is 0 Å². The van der Waals surface area contributed by atoms with Crippen molar-refractivity contribution in [2.45, 2.75) is 0 Å². The summed E-state index contributed by atoms with van der Waals surface area (Å²) < 4.78 is 5.34. The Morgan fingerprint density at radius 2 is 1.29 bits per heavy atom. The minimum Gasteiger partial charge on any atom is -0.465 e. The van der Waals surface area contributed by atoms with E-state index in [0.29, 0.717) is 25.6 Å². The van der Waals surface area contributed by atoms with Gasteiger partial charge in [-0.25, -0.2) is 4.79 Å². The molecule has 0 bridgehead atoms. The van der Waals surface area contributed by atoms with E-state index >= 15 is 0 Å². The lowest BCUT2D eigenvalue weighted by Crippen LogP contribution is -2.19. The predicted molar refractivity (Wildman–Crippen MR) is 124 cm³/mol. The van der Waals surface area contributed by atoms with E-state index in [-0.39, 0.29) is 16.9 Å². The molecule has 0 unspecified atom stereocenters. The molecule has 0 aliphatic rings. The normalized spacial score (nSPS) is 10.3. The highest BCUT2D eigenvalue weighted by molar-refractivity contribution is 9.10. The van der Waals surface area contributed by atoms with E-state index in [9.17, 15) is 14.4 Å². The number of halogens is 3. The molecule has 0 saturated carbocycles. The van der Waals surface area contributed by atoms with Crippen molar-refractivity contribution in [3.8, 4) is 0 Å². The van der Waals surface area contributed by atoms with Crippen LogP contribution in [0.15, 0.2) is 65.1 Å². The monoisotopic (exact) mass is 520 g/mol. The largest absolute Gasteiger partial charge is 0.465 e. The van der Waals surface area contributed by atoms with Crippen molar-refractivity contribution >= 4 is 68.3 Å². The first-order valence-electron chi connectivity index (χ1n) is 8.84. The van der Waals surface area contributed by atoms with Crippen LogP contribution in [0.1, 0.15) is 31.1 Å². The van der Waals surface area contributed by atoms with E-state index in [1.165, 1.54) is 13.2 Å². The van der Waals surface area contributed by atoms with E-state index in [1.54, 1.807) is 54.6 Å². The Balaban J connectivity index is 2.01. The molecular formula is C22H15BrCl2N2O4. The van der Waals surface area contributed by atoms with Gasteiger partial charge in [-0.15, -0.1) is 0 Å². The van der Waals surface area contributed by atoms with Crippen LogP contribution in [-0.2, 0) is 4.74 Å². The predicted octanol–water partition coefficient (Wildman–Crippen LogP) is 6.05. The highest BCUT2D eigenvalue weighted by Crippen LogP contribution is 2.32. The maximum atomic E-state index is 12.8. The number of anilines is 2. The van der Waals surface area contributed by atoms with Crippen molar-refractivity contribution < 1.29 is 19.1 Å². The van der Waals surface area contributed by atoms with E-state index < -0.39 is 17.8 Å². The van der Waals surface area contributed by atoms with Crippen LogP contribution in [-0.4, -0.2) is 24.9 Å². The van der Waals surface area contributed by atoms with Gasteiger partial charge in [0.05, 0.1) is 24.0 Å². The summed E-state index contributed by atoms with van der Waals surface area (Å²) in [5, 5.41) is 6.37. The van der Waals surface area contributed by atoms with Gasteiger partial charge >= 0.3 is 5.97 Å².